The smallest absolute Gasteiger partial charge is 0.326 e. The number of H-pyrrole nitrogens is 1. The van der Waals surface area contributed by atoms with Gasteiger partial charge >= 0.3 is 5.97 Å². The zero-order valence-electron chi connectivity index (χ0n) is 19.6. The van der Waals surface area contributed by atoms with E-state index in [0.29, 0.717) is 30.9 Å². The van der Waals surface area contributed by atoms with E-state index in [1.165, 1.54) is 6.07 Å². The maximum atomic E-state index is 12.9. The van der Waals surface area contributed by atoms with Gasteiger partial charge in [-0.15, -0.1) is 0 Å². The fraction of sp³-hybridized carbons (Fsp3) is 0.259. The Labute approximate surface area is 203 Å². The van der Waals surface area contributed by atoms with Gasteiger partial charge in [-0.05, 0) is 49.4 Å². The number of carboxylic acids is 1. The summed E-state index contributed by atoms with van der Waals surface area (Å²) in [5.74, 6) is -1.77. The molecule has 0 bridgehead atoms. The normalized spacial score (nSPS) is 11.6. The first-order valence-electron chi connectivity index (χ1n) is 11.5. The largest absolute Gasteiger partial charge is 0.480 e. The summed E-state index contributed by atoms with van der Waals surface area (Å²) in [5.41, 5.74) is 1.90. The van der Waals surface area contributed by atoms with Gasteiger partial charge in [0.25, 0.3) is 11.5 Å². The van der Waals surface area contributed by atoms with Crippen LogP contribution in [0.5, 0.6) is 0 Å². The van der Waals surface area contributed by atoms with Gasteiger partial charge in [0.1, 0.15) is 11.6 Å². The number of unbranched alkanes of at least 4 members (excludes halogenated alkanes) is 1. The van der Waals surface area contributed by atoms with E-state index in [9.17, 15) is 19.5 Å². The van der Waals surface area contributed by atoms with Crippen LogP contribution in [0.15, 0.2) is 77.6 Å². The Morgan fingerprint density at radius 1 is 0.943 bits per heavy atom. The van der Waals surface area contributed by atoms with E-state index in [0.717, 1.165) is 11.1 Å². The Morgan fingerprint density at radius 3 is 2.06 bits per heavy atom. The Kier molecular flexibility index (Phi) is 8.95. The number of benzene rings is 2. The molecule has 2 aromatic carbocycles. The number of carboxylic acid groups (broad SMARTS) is 1. The summed E-state index contributed by atoms with van der Waals surface area (Å²) < 4.78 is 0. The number of hydrogen-bond donors (Lipinski definition) is 5. The third-order valence-electron chi connectivity index (χ3n) is 5.67. The standard InChI is InChI=1S/C27H30N4O4/c1-18(28)29-17-9-8-14-23(27(34)35)31-26(33)21-15-16-22(30-25(21)32)24(19-10-4-2-5-11-19)20-12-6-3-7-13-20/h2-7,10-13,15-16,23-24H,8-9,14,17H2,1H3,(H2,28,29)(H,30,32)(H,31,33)(H,34,35)/t23-/m0/s1. The minimum atomic E-state index is -1.16. The minimum absolute atomic E-state index is 0.138. The predicted molar refractivity (Wildman–Crippen MR) is 135 cm³/mol. The number of amidine groups is 1. The van der Waals surface area contributed by atoms with Crippen molar-refractivity contribution in [3.8, 4) is 0 Å². The highest BCUT2D eigenvalue weighted by atomic mass is 16.4. The molecule has 0 radical (unpaired) electrons. The lowest BCUT2D eigenvalue weighted by Gasteiger charge is -2.19. The average Bonchev–Trinajstić information content (AvgIpc) is 2.84. The highest BCUT2D eigenvalue weighted by Gasteiger charge is 2.23. The molecule has 3 rings (SSSR count). The zero-order chi connectivity index (χ0) is 25.2. The minimum Gasteiger partial charge on any atom is -0.480 e. The lowest BCUT2D eigenvalue weighted by Crippen LogP contribution is -2.42. The van der Waals surface area contributed by atoms with Crippen molar-refractivity contribution < 1.29 is 14.7 Å². The highest BCUT2D eigenvalue weighted by molar-refractivity contribution is 5.96. The Bertz CT molecular complexity index is 1170. The molecule has 182 valence electrons. The Balaban J connectivity index is 1.77. The highest BCUT2D eigenvalue weighted by Crippen LogP contribution is 2.30. The van der Waals surface area contributed by atoms with Crippen LogP contribution in [-0.2, 0) is 4.79 Å². The molecule has 0 saturated heterocycles. The van der Waals surface area contributed by atoms with E-state index < -0.39 is 23.5 Å². The van der Waals surface area contributed by atoms with Crippen molar-refractivity contribution >= 4 is 17.7 Å². The van der Waals surface area contributed by atoms with Gasteiger partial charge in [0.15, 0.2) is 0 Å². The number of carbonyl (C=O) groups is 2. The number of aromatic amines is 1. The number of pyridine rings is 1. The number of nitrogens with one attached hydrogen (secondary N) is 4. The average molecular weight is 475 g/mol. The van der Waals surface area contributed by atoms with Crippen LogP contribution in [0, 0.1) is 5.41 Å². The second-order valence-corrected chi connectivity index (χ2v) is 8.32. The van der Waals surface area contributed by atoms with Gasteiger partial charge in [0, 0.05) is 18.2 Å². The number of hydrogen-bond acceptors (Lipinski definition) is 4. The first kappa shape index (κ1) is 25.4. The molecule has 0 saturated carbocycles. The molecule has 5 N–H and O–H groups in total. The van der Waals surface area contributed by atoms with Gasteiger partial charge in [-0.25, -0.2) is 4.79 Å². The molecular weight excluding hydrogens is 444 g/mol. The quantitative estimate of drug-likeness (QED) is 0.165. The third-order valence-corrected chi connectivity index (χ3v) is 5.67. The first-order valence-corrected chi connectivity index (χ1v) is 11.5. The molecule has 1 heterocycles. The second-order valence-electron chi connectivity index (χ2n) is 8.32. The molecule has 0 unspecified atom stereocenters. The molecule has 8 heteroatoms. The van der Waals surface area contributed by atoms with Crippen LogP contribution in [0.3, 0.4) is 0 Å². The van der Waals surface area contributed by atoms with Crippen LogP contribution < -0.4 is 16.2 Å². The summed E-state index contributed by atoms with van der Waals surface area (Å²) in [4.78, 5) is 40.1. The molecule has 1 amide bonds. The van der Waals surface area contributed by atoms with Gasteiger partial charge in [-0.2, -0.15) is 0 Å². The van der Waals surface area contributed by atoms with E-state index in [2.05, 4.69) is 15.6 Å². The van der Waals surface area contributed by atoms with Crippen LogP contribution >= 0.6 is 0 Å². The van der Waals surface area contributed by atoms with Crippen LogP contribution in [-0.4, -0.2) is 40.4 Å². The number of rotatable bonds is 11. The zero-order valence-corrected chi connectivity index (χ0v) is 19.6. The van der Waals surface area contributed by atoms with E-state index in [4.69, 9.17) is 5.41 Å². The summed E-state index contributed by atoms with van der Waals surface area (Å²) in [7, 11) is 0. The van der Waals surface area contributed by atoms with Gasteiger partial charge in [-0.1, -0.05) is 60.7 Å². The summed E-state index contributed by atoms with van der Waals surface area (Å²) in [6.45, 7) is 2.19. The second kappa shape index (κ2) is 12.3. The van der Waals surface area contributed by atoms with Gasteiger partial charge < -0.3 is 20.7 Å². The molecule has 35 heavy (non-hydrogen) atoms. The van der Waals surface area contributed by atoms with Gasteiger partial charge in [-0.3, -0.25) is 15.0 Å². The topological polar surface area (TPSA) is 135 Å². The van der Waals surface area contributed by atoms with Crippen molar-refractivity contribution in [2.24, 2.45) is 0 Å². The summed E-state index contributed by atoms with van der Waals surface area (Å²) >= 11 is 0. The van der Waals surface area contributed by atoms with Gasteiger partial charge in [0.2, 0.25) is 0 Å². The van der Waals surface area contributed by atoms with E-state index >= 15 is 0 Å². The monoisotopic (exact) mass is 474 g/mol. The van der Waals surface area contributed by atoms with Crippen molar-refractivity contribution in [3.63, 3.8) is 0 Å². The van der Waals surface area contributed by atoms with E-state index in [1.807, 2.05) is 60.7 Å². The molecule has 3 aromatic rings. The van der Waals surface area contributed by atoms with Gasteiger partial charge in [0.05, 0.1) is 5.84 Å². The Morgan fingerprint density at radius 2 is 1.54 bits per heavy atom. The number of aliphatic carboxylic acids is 1. The fourth-order valence-corrected chi connectivity index (χ4v) is 3.92. The van der Waals surface area contributed by atoms with Crippen molar-refractivity contribution in [1.82, 2.24) is 15.6 Å². The SMILES string of the molecule is CC(=N)NCCCC[C@H](NC(=O)c1ccc(C(c2ccccc2)c2ccccc2)[nH]c1=O)C(=O)O. The maximum Gasteiger partial charge on any atom is 0.326 e. The summed E-state index contributed by atoms with van der Waals surface area (Å²) in [5, 5.41) is 22.2. The van der Waals surface area contributed by atoms with Crippen molar-refractivity contribution in [1.29, 1.82) is 5.41 Å². The Hall–Kier alpha value is -4.20. The number of carbonyl (C=O) groups excluding carboxylic acids is 1. The lowest BCUT2D eigenvalue weighted by atomic mass is 9.88. The van der Waals surface area contributed by atoms with Crippen LogP contribution in [0.1, 0.15) is 59.3 Å². The predicted octanol–water partition coefficient (Wildman–Crippen LogP) is 3.50. The number of amides is 1. The van der Waals surface area contributed by atoms with E-state index in [-0.39, 0.29) is 17.9 Å². The lowest BCUT2D eigenvalue weighted by molar-refractivity contribution is -0.139. The molecular formula is C27H30N4O4. The molecule has 0 fully saturated rings. The molecule has 0 aliphatic rings. The van der Waals surface area contributed by atoms with Crippen LogP contribution in [0.25, 0.3) is 0 Å². The van der Waals surface area contributed by atoms with Crippen LogP contribution in [0.2, 0.25) is 0 Å². The third kappa shape index (κ3) is 7.14. The molecule has 1 atom stereocenters. The maximum absolute atomic E-state index is 12.9. The first-order chi connectivity index (χ1) is 16.9. The fourth-order valence-electron chi connectivity index (χ4n) is 3.92. The molecule has 8 nitrogen and oxygen atoms in total. The van der Waals surface area contributed by atoms with Crippen molar-refractivity contribution in [3.05, 3.63) is 106 Å². The number of aromatic nitrogens is 1. The summed E-state index contributed by atoms with van der Waals surface area (Å²) in [6.07, 6.45) is 1.42. The van der Waals surface area contributed by atoms with Crippen molar-refractivity contribution in [2.75, 3.05) is 6.54 Å². The van der Waals surface area contributed by atoms with E-state index in [1.54, 1.807) is 13.0 Å². The molecule has 1 aromatic heterocycles. The molecule has 0 aliphatic carbocycles. The van der Waals surface area contributed by atoms with Crippen LogP contribution in [0.4, 0.5) is 0 Å². The van der Waals surface area contributed by atoms with Crippen molar-refractivity contribution in [2.45, 2.75) is 38.1 Å². The molecule has 0 spiro atoms. The summed E-state index contributed by atoms with van der Waals surface area (Å²) in [6, 6.07) is 21.5. The molecule has 0 aliphatic heterocycles.